The smallest absolute Gasteiger partial charge is 0.241 e. The molecule has 0 spiro atoms. The molecule has 18 heavy (non-hydrogen) atoms. The summed E-state index contributed by atoms with van der Waals surface area (Å²) in [5.41, 5.74) is 5.96. The maximum atomic E-state index is 13.2. The Kier molecular flexibility index (Phi) is 3.44. The number of hydrogen-bond donors (Lipinski definition) is 2. The van der Waals surface area contributed by atoms with Gasteiger partial charge in [-0.2, -0.15) is 0 Å². The molecule has 0 saturated heterocycles. The highest BCUT2D eigenvalue weighted by Crippen LogP contribution is 2.44. The third-order valence-electron chi connectivity index (χ3n) is 3.33. The second kappa shape index (κ2) is 4.60. The van der Waals surface area contributed by atoms with E-state index in [9.17, 15) is 12.8 Å². The van der Waals surface area contributed by atoms with Crippen LogP contribution in [0.3, 0.4) is 0 Å². The molecule has 0 aliphatic heterocycles. The molecule has 2 rings (SSSR count). The minimum atomic E-state index is -3.69. The summed E-state index contributed by atoms with van der Waals surface area (Å²) >= 11 is 0. The Morgan fingerprint density at radius 3 is 2.67 bits per heavy atom. The highest BCUT2D eigenvalue weighted by atomic mass is 32.2. The van der Waals surface area contributed by atoms with Crippen molar-refractivity contribution in [2.75, 3.05) is 6.54 Å². The number of nitrogens with two attached hydrogens (primary N) is 1. The van der Waals surface area contributed by atoms with E-state index in [-0.39, 0.29) is 16.9 Å². The Morgan fingerprint density at radius 2 is 2.11 bits per heavy atom. The molecule has 0 heterocycles. The third-order valence-corrected chi connectivity index (χ3v) is 4.81. The lowest BCUT2D eigenvalue weighted by Gasteiger charge is -2.13. The first-order valence-electron chi connectivity index (χ1n) is 5.84. The van der Waals surface area contributed by atoms with Crippen LogP contribution in [-0.4, -0.2) is 15.0 Å². The average Bonchev–Trinajstić information content (AvgIpc) is 3.06. The van der Waals surface area contributed by atoms with E-state index in [1.807, 2.05) is 6.92 Å². The minimum absolute atomic E-state index is 0.0588. The molecule has 0 unspecified atom stereocenters. The molecule has 1 aromatic rings. The summed E-state index contributed by atoms with van der Waals surface area (Å²) in [6, 6.07) is 3.63. The molecule has 6 heteroatoms. The van der Waals surface area contributed by atoms with Gasteiger partial charge in [0.05, 0.1) is 4.90 Å². The molecular weight excluding hydrogens is 255 g/mol. The van der Waals surface area contributed by atoms with Crippen molar-refractivity contribution in [3.8, 4) is 0 Å². The van der Waals surface area contributed by atoms with Crippen LogP contribution in [0.2, 0.25) is 0 Å². The molecule has 0 atom stereocenters. The zero-order chi connectivity index (χ0) is 13.4. The molecule has 4 nitrogen and oxygen atoms in total. The summed E-state index contributed by atoms with van der Waals surface area (Å²) in [4.78, 5) is -0.0609. The Labute approximate surface area is 106 Å². The van der Waals surface area contributed by atoms with Gasteiger partial charge in [-0.05, 0) is 36.0 Å². The topological polar surface area (TPSA) is 72.2 Å². The van der Waals surface area contributed by atoms with Crippen LogP contribution in [0.15, 0.2) is 23.1 Å². The van der Waals surface area contributed by atoms with Crippen LogP contribution >= 0.6 is 0 Å². The number of rotatable bonds is 5. The number of nitrogens with one attached hydrogen (secondary N) is 1. The minimum Gasteiger partial charge on any atom is -0.326 e. The highest BCUT2D eigenvalue weighted by Gasteiger charge is 2.38. The van der Waals surface area contributed by atoms with Crippen molar-refractivity contribution in [2.45, 2.75) is 31.2 Å². The summed E-state index contributed by atoms with van der Waals surface area (Å²) in [7, 11) is -3.69. The molecule has 1 fully saturated rings. The standard InChI is InChI=1S/C12H17FN2O2S/c1-12(4-5-12)8-15-18(16,17)11-6-10(13)3-2-9(11)7-14/h2-3,6,15H,4-5,7-8,14H2,1H3. The lowest BCUT2D eigenvalue weighted by atomic mass is 10.2. The predicted octanol–water partition coefficient (Wildman–Crippen LogP) is 1.36. The maximum absolute atomic E-state index is 13.2. The van der Waals surface area contributed by atoms with Crippen LogP contribution in [0.4, 0.5) is 4.39 Å². The van der Waals surface area contributed by atoms with E-state index in [1.165, 1.54) is 12.1 Å². The first kappa shape index (κ1) is 13.5. The maximum Gasteiger partial charge on any atom is 0.241 e. The summed E-state index contributed by atoms with van der Waals surface area (Å²) < 4.78 is 39.9. The average molecular weight is 272 g/mol. The fraction of sp³-hybridized carbons (Fsp3) is 0.500. The van der Waals surface area contributed by atoms with Crippen LogP contribution in [0.5, 0.6) is 0 Å². The molecule has 3 N–H and O–H groups in total. The Hall–Kier alpha value is -0.980. The van der Waals surface area contributed by atoms with Gasteiger partial charge in [-0.15, -0.1) is 0 Å². The van der Waals surface area contributed by atoms with Crippen LogP contribution in [0.25, 0.3) is 0 Å². The number of sulfonamides is 1. The second-order valence-corrected chi connectivity index (χ2v) is 6.83. The summed E-state index contributed by atoms with van der Waals surface area (Å²) in [5.74, 6) is -0.579. The monoisotopic (exact) mass is 272 g/mol. The van der Waals surface area contributed by atoms with Gasteiger partial charge in [0.15, 0.2) is 0 Å². The van der Waals surface area contributed by atoms with Crippen molar-refractivity contribution in [1.29, 1.82) is 0 Å². The summed E-state index contributed by atoms with van der Waals surface area (Å²) in [5, 5.41) is 0. The van der Waals surface area contributed by atoms with Gasteiger partial charge in [0.1, 0.15) is 5.82 Å². The van der Waals surface area contributed by atoms with E-state index in [2.05, 4.69) is 4.72 Å². The van der Waals surface area contributed by atoms with Crippen molar-refractivity contribution < 1.29 is 12.8 Å². The van der Waals surface area contributed by atoms with Crippen LogP contribution < -0.4 is 10.5 Å². The Balaban J connectivity index is 2.25. The predicted molar refractivity (Wildman–Crippen MR) is 66.8 cm³/mol. The van der Waals surface area contributed by atoms with Gasteiger partial charge in [0.25, 0.3) is 0 Å². The molecule has 100 valence electrons. The molecule has 1 saturated carbocycles. The lowest BCUT2D eigenvalue weighted by molar-refractivity contribution is 0.529. The van der Waals surface area contributed by atoms with Crippen LogP contribution in [-0.2, 0) is 16.6 Å². The first-order chi connectivity index (χ1) is 8.36. The molecule has 1 aliphatic rings. The van der Waals surface area contributed by atoms with Gasteiger partial charge in [0, 0.05) is 13.1 Å². The Morgan fingerprint density at radius 1 is 1.44 bits per heavy atom. The van der Waals surface area contributed by atoms with Gasteiger partial charge in [-0.1, -0.05) is 13.0 Å². The van der Waals surface area contributed by atoms with E-state index in [0.717, 1.165) is 18.9 Å². The zero-order valence-corrected chi connectivity index (χ0v) is 11.1. The lowest BCUT2D eigenvalue weighted by Crippen LogP contribution is -2.30. The van der Waals surface area contributed by atoms with Gasteiger partial charge < -0.3 is 5.73 Å². The van der Waals surface area contributed by atoms with Crippen molar-refractivity contribution >= 4 is 10.0 Å². The van der Waals surface area contributed by atoms with Crippen LogP contribution in [0.1, 0.15) is 25.3 Å². The quantitative estimate of drug-likeness (QED) is 0.850. The van der Waals surface area contributed by atoms with Crippen molar-refractivity contribution in [3.63, 3.8) is 0 Å². The van der Waals surface area contributed by atoms with E-state index >= 15 is 0 Å². The molecule has 1 aliphatic carbocycles. The van der Waals surface area contributed by atoms with E-state index in [0.29, 0.717) is 12.1 Å². The summed E-state index contributed by atoms with van der Waals surface area (Å²) in [6.45, 7) is 2.47. The van der Waals surface area contributed by atoms with E-state index in [4.69, 9.17) is 5.73 Å². The highest BCUT2D eigenvalue weighted by molar-refractivity contribution is 7.89. The fourth-order valence-corrected chi connectivity index (χ4v) is 3.14. The zero-order valence-electron chi connectivity index (χ0n) is 10.2. The fourth-order valence-electron chi connectivity index (χ4n) is 1.68. The molecule has 0 aromatic heterocycles. The van der Waals surface area contributed by atoms with E-state index in [1.54, 1.807) is 0 Å². The number of hydrogen-bond acceptors (Lipinski definition) is 3. The van der Waals surface area contributed by atoms with Crippen LogP contribution in [0, 0.1) is 11.2 Å². The molecule has 0 amide bonds. The Bertz CT molecular complexity index is 553. The van der Waals surface area contributed by atoms with Crippen molar-refractivity contribution in [2.24, 2.45) is 11.1 Å². The molecule has 0 bridgehead atoms. The van der Waals surface area contributed by atoms with Crippen molar-refractivity contribution in [1.82, 2.24) is 4.72 Å². The first-order valence-corrected chi connectivity index (χ1v) is 7.33. The van der Waals surface area contributed by atoms with E-state index < -0.39 is 15.8 Å². The normalized spacial score (nSPS) is 17.7. The molecular formula is C12H17FN2O2S. The van der Waals surface area contributed by atoms with Crippen molar-refractivity contribution in [3.05, 3.63) is 29.6 Å². The SMILES string of the molecule is CC1(CNS(=O)(=O)c2cc(F)ccc2CN)CC1. The third kappa shape index (κ3) is 2.88. The largest absolute Gasteiger partial charge is 0.326 e. The summed E-state index contributed by atoms with van der Waals surface area (Å²) in [6.07, 6.45) is 2.03. The number of benzene rings is 1. The van der Waals surface area contributed by atoms with Gasteiger partial charge in [0.2, 0.25) is 10.0 Å². The van der Waals surface area contributed by atoms with Gasteiger partial charge >= 0.3 is 0 Å². The van der Waals surface area contributed by atoms with Gasteiger partial charge in [-0.25, -0.2) is 17.5 Å². The second-order valence-electron chi connectivity index (χ2n) is 5.09. The number of halogens is 1. The molecule has 0 radical (unpaired) electrons. The molecule has 1 aromatic carbocycles. The van der Waals surface area contributed by atoms with Gasteiger partial charge in [-0.3, -0.25) is 0 Å².